The molecule has 2 N–H and O–H groups in total. The summed E-state index contributed by atoms with van der Waals surface area (Å²) in [5.41, 5.74) is -0.410. The smallest absolute Gasteiger partial charge is 0.340 e. The Bertz CT molecular complexity index is 861. The van der Waals surface area contributed by atoms with Crippen LogP contribution in [0.3, 0.4) is 0 Å². The van der Waals surface area contributed by atoms with Gasteiger partial charge in [0.25, 0.3) is 10.1 Å². The fourth-order valence-corrected chi connectivity index (χ4v) is 2.39. The van der Waals surface area contributed by atoms with Gasteiger partial charge < -0.3 is 9.52 Å². The van der Waals surface area contributed by atoms with E-state index in [1.54, 1.807) is 0 Å². The van der Waals surface area contributed by atoms with Crippen LogP contribution in [0.1, 0.15) is 11.1 Å². The molecular weight excluding hydrogens is 288 g/mol. The van der Waals surface area contributed by atoms with Crippen molar-refractivity contribution in [1.29, 1.82) is 0 Å². The summed E-state index contributed by atoms with van der Waals surface area (Å²) in [6.07, 6.45) is -0.528. The summed E-state index contributed by atoms with van der Waals surface area (Å²) >= 11 is 0. The van der Waals surface area contributed by atoms with Crippen molar-refractivity contribution < 1.29 is 27.3 Å². The average Bonchev–Trinajstić information content (AvgIpc) is 2.32. The zero-order valence-corrected chi connectivity index (χ0v) is 11.1. The molecule has 106 valence electrons. The van der Waals surface area contributed by atoms with Crippen LogP contribution in [0.15, 0.2) is 32.3 Å². The number of carboxylic acids is 1. The first-order chi connectivity index (χ1) is 9.20. The first-order valence-electron chi connectivity index (χ1n) is 5.46. The van der Waals surface area contributed by atoms with E-state index in [0.717, 1.165) is 12.1 Å². The van der Waals surface area contributed by atoms with Crippen LogP contribution in [0, 0.1) is 6.92 Å². The van der Waals surface area contributed by atoms with Crippen LogP contribution < -0.4 is 5.63 Å². The van der Waals surface area contributed by atoms with Crippen molar-refractivity contribution in [2.45, 2.75) is 18.2 Å². The fourth-order valence-electron chi connectivity index (χ4n) is 1.88. The summed E-state index contributed by atoms with van der Waals surface area (Å²) in [7, 11) is -4.39. The minimum Gasteiger partial charge on any atom is -0.481 e. The van der Waals surface area contributed by atoms with Gasteiger partial charge in [-0.1, -0.05) is 0 Å². The summed E-state index contributed by atoms with van der Waals surface area (Å²) in [6.45, 7) is 1.49. The summed E-state index contributed by atoms with van der Waals surface area (Å²) < 4.78 is 36.1. The number of rotatable bonds is 3. The molecule has 1 heterocycles. The van der Waals surface area contributed by atoms with Crippen LogP contribution in [0.25, 0.3) is 11.0 Å². The molecule has 0 saturated carbocycles. The standard InChI is InChI=1S/C12H10O7S/c1-6-8-4-7(20(16,17)18)2-3-10(8)19-12(15)9(6)5-11(13)14/h2-4H,5H2,1H3,(H,13,14)(H,16,17,18). The largest absolute Gasteiger partial charge is 0.481 e. The van der Waals surface area contributed by atoms with Crippen LogP contribution in [0.5, 0.6) is 0 Å². The first kappa shape index (κ1) is 14.2. The Balaban J connectivity index is 2.81. The molecule has 0 bridgehead atoms. The molecule has 0 aliphatic heterocycles. The third-order valence-corrected chi connectivity index (χ3v) is 3.73. The van der Waals surface area contributed by atoms with Gasteiger partial charge in [-0.15, -0.1) is 0 Å². The highest BCUT2D eigenvalue weighted by atomic mass is 32.2. The second-order valence-corrected chi connectivity index (χ2v) is 5.62. The molecule has 0 amide bonds. The van der Waals surface area contributed by atoms with Crippen molar-refractivity contribution >= 4 is 27.1 Å². The maximum absolute atomic E-state index is 11.7. The van der Waals surface area contributed by atoms with Crippen LogP contribution in [-0.4, -0.2) is 24.0 Å². The SMILES string of the molecule is Cc1c(CC(=O)O)c(=O)oc2ccc(S(=O)(=O)O)cc12. The first-order valence-corrected chi connectivity index (χ1v) is 6.90. The number of carbonyl (C=O) groups is 1. The molecule has 0 saturated heterocycles. The van der Waals surface area contributed by atoms with E-state index in [1.165, 1.54) is 13.0 Å². The lowest BCUT2D eigenvalue weighted by Crippen LogP contribution is -2.15. The van der Waals surface area contributed by atoms with Gasteiger partial charge in [0.05, 0.1) is 16.9 Å². The molecule has 0 spiro atoms. The zero-order valence-electron chi connectivity index (χ0n) is 10.3. The van der Waals surface area contributed by atoms with Gasteiger partial charge in [0.2, 0.25) is 0 Å². The van der Waals surface area contributed by atoms with Crippen LogP contribution in [0.4, 0.5) is 0 Å². The Hall–Kier alpha value is -2.19. The van der Waals surface area contributed by atoms with E-state index in [9.17, 15) is 18.0 Å². The summed E-state index contributed by atoms with van der Waals surface area (Å²) in [4.78, 5) is 22.0. The minimum absolute atomic E-state index is 0.0579. The van der Waals surface area contributed by atoms with E-state index >= 15 is 0 Å². The molecule has 0 atom stereocenters. The van der Waals surface area contributed by atoms with Gasteiger partial charge in [-0.25, -0.2) is 4.79 Å². The fraction of sp³-hybridized carbons (Fsp3) is 0.167. The quantitative estimate of drug-likeness (QED) is 0.639. The molecule has 8 heteroatoms. The third-order valence-electron chi connectivity index (χ3n) is 2.88. The van der Waals surface area contributed by atoms with Crippen LogP contribution in [0.2, 0.25) is 0 Å². The molecule has 1 aromatic carbocycles. The van der Waals surface area contributed by atoms with E-state index in [-0.39, 0.29) is 21.4 Å². The molecular formula is C12H10O7S. The number of aryl methyl sites for hydroxylation is 1. The summed E-state index contributed by atoms with van der Waals surface area (Å²) in [5.74, 6) is -1.20. The van der Waals surface area contributed by atoms with Crippen LogP contribution >= 0.6 is 0 Å². The lowest BCUT2D eigenvalue weighted by atomic mass is 10.0. The van der Waals surface area contributed by atoms with Crippen molar-refractivity contribution in [2.75, 3.05) is 0 Å². The Morgan fingerprint density at radius 3 is 2.55 bits per heavy atom. The van der Waals surface area contributed by atoms with Crippen molar-refractivity contribution in [3.05, 3.63) is 39.7 Å². The van der Waals surface area contributed by atoms with E-state index in [1.807, 2.05) is 0 Å². The Morgan fingerprint density at radius 1 is 1.35 bits per heavy atom. The normalized spacial score (nSPS) is 11.7. The van der Waals surface area contributed by atoms with E-state index in [2.05, 4.69) is 0 Å². The van der Waals surface area contributed by atoms with Gasteiger partial charge in [-0.05, 0) is 30.7 Å². The number of benzene rings is 1. The number of fused-ring (bicyclic) bond motifs is 1. The lowest BCUT2D eigenvalue weighted by Gasteiger charge is -2.07. The molecule has 20 heavy (non-hydrogen) atoms. The molecule has 0 fully saturated rings. The van der Waals surface area contributed by atoms with Gasteiger partial charge in [-0.3, -0.25) is 9.35 Å². The number of aliphatic carboxylic acids is 1. The van der Waals surface area contributed by atoms with Gasteiger partial charge in [0.1, 0.15) is 5.58 Å². The molecule has 2 rings (SSSR count). The minimum atomic E-state index is -4.39. The molecule has 2 aromatic rings. The molecule has 0 aliphatic carbocycles. The summed E-state index contributed by atoms with van der Waals surface area (Å²) in [5, 5.41) is 9.02. The Morgan fingerprint density at radius 2 is 2.00 bits per heavy atom. The second-order valence-electron chi connectivity index (χ2n) is 4.20. The van der Waals surface area contributed by atoms with E-state index in [4.69, 9.17) is 14.1 Å². The van der Waals surface area contributed by atoms with Crippen molar-refractivity contribution in [3.63, 3.8) is 0 Å². The summed E-state index contributed by atoms with van der Waals surface area (Å²) in [6, 6.07) is 3.46. The second kappa shape index (κ2) is 4.73. The van der Waals surface area contributed by atoms with Crippen molar-refractivity contribution in [2.24, 2.45) is 0 Å². The third kappa shape index (κ3) is 2.56. The van der Waals surface area contributed by atoms with E-state index < -0.39 is 28.1 Å². The predicted octanol–water partition coefficient (Wildman–Crippen LogP) is 0.975. The van der Waals surface area contributed by atoms with Crippen LogP contribution in [-0.2, 0) is 21.3 Å². The highest BCUT2D eigenvalue weighted by Gasteiger charge is 2.17. The monoisotopic (exact) mass is 298 g/mol. The molecule has 0 radical (unpaired) electrons. The topological polar surface area (TPSA) is 122 Å². The Kier molecular flexibility index (Phi) is 3.36. The molecule has 0 unspecified atom stereocenters. The lowest BCUT2D eigenvalue weighted by molar-refractivity contribution is -0.136. The maximum Gasteiger partial charge on any atom is 0.340 e. The van der Waals surface area contributed by atoms with Gasteiger partial charge in [-0.2, -0.15) is 8.42 Å². The van der Waals surface area contributed by atoms with Gasteiger partial charge in [0.15, 0.2) is 0 Å². The molecule has 7 nitrogen and oxygen atoms in total. The highest BCUT2D eigenvalue weighted by molar-refractivity contribution is 7.85. The number of hydrogen-bond donors (Lipinski definition) is 2. The molecule has 1 aromatic heterocycles. The maximum atomic E-state index is 11.7. The average molecular weight is 298 g/mol. The predicted molar refractivity (Wildman–Crippen MR) is 68.4 cm³/mol. The highest BCUT2D eigenvalue weighted by Crippen LogP contribution is 2.23. The van der Waals surface area contributed by atoms with Gasteiger partial charge in [0, 0.05) is 5.39 Å². The van der Waals surface area contributed by atoms with Crippen molar-refractivity contribution in [1.82, 2.24) is 0 Å². The number of hydrogen-bond acceptors (Lipinski definition) is 5. The van der Waals surface area contributed by atoms with E-state index in [0.29, 0.717) is 5.56 Å². The zero-order chi connectivity index (χ0) is 15.1. The Labute approximate surface area is 113 Å². The number of carboxylic acid groups (broad SMARTS) is 1. The van der Waals surface area contributed by atoms with Crippen molar-refractivity contribution in [3.8, 4) is 0 Å². The van der Waals surface area contributed by atoms with Gasteiger partial charge >= 0.3 is 11.6 Å². The molecule has 0 aliphatic rings.